The van der Waals surface area contributed by atoms with Gasteiger partial charge in [0, 0.05) is 30.2 Å². The van der Waals surface area contributed by atoms with Gasteiger partial charge in [-0.25, -0.2) is 0 Å². The van der Waals surface area contributed by atoms with Gasteiger partial charge in [0.1, 0.15) is 0 Å². The van der Waals surface area contributed by atoms with Crippen molar-refractivity contribution in [3.8, 4) is 0 Å². The molecule has 2 heterocycles. The van der Waals surface area contributed by atoms with Crippen molar-refractivity contribution in [2.75, 3.05) is 5.32 Å². The zero-order chi connectivity index (χ0) is 18.7. The minimum atomic E-state index is -0.00133. The summed E-state index contributed by atoms with van der Waals surface area (Å²) in [6, 6.07) is 9.71. The first-order valence-electron chi connectivity index (χ1n) is 9.12. The Morgan fingerprint density at radius 3 is 2.73 bits per heavy atom. The van der Waals surface area contributed by atoms with Gasteiger partial charge in [-0.05, 0) is 43.9 Å². The Morgan fingerprint density at radius 1 is 1.19 bits per heavy atom. The lowest BCUT2D eigenvalue weighted by Crippen LogP contribution is -2.13. The fourth-order valence-electron chi connectivity index (χ4n) is 3.28. The monoisotopic (exact) mass is 350 g/mol. The van der Waals surface area contributed by atoms with Crippen LogP contribution in [0.4, 0.5) is 5.69 Å². The number of benzene rings is 1. The van der Waals surface area contributed by atoms with Crippen LogP contribution in [-0.2, 0) is 17.8 Å². The van der Waals surface area contributed by atoms with Crippen LogP contribution in [0.5, 0.6) is 0 Å². The number of hydrogen-bond donors (Lipinski definition) is 1. The topological polar surface area (TPSA) is 59.8 Å². The molecule has 0 radical (unpaired) electrons. The lowest BCUT2D eigenvalue weighted by Gasteiger charge is -2.09. The lowest BCUT2D eigenvalue weighted by atomic mass is 10.1. The van der Waals surface area contributed by atoms with Crippen molar-refractivity contribution in [1.82, 2.24) is 14.8 Å². The molecule has 3 rings (SSSR count). The van der Waals surface area contributed by atoms with E-state index in [4.69, 9.17) is 0 Å². The van der Waals surface area contributed by atoms with Crippen LogP contribution in [0, 0.1) is 19.8 Å². The molecule has 1 N–H and O–H groups in total. The van der Waals surface area contributed by atoms with Crippen molar-refractivity contribution in [2.45, 2.75) is 47.1 Å². The number of aromatic nitrogens is 3. The van der Waals surface area contributed by atoms with Gasteiger partial charge in [0.05, 0.1) is 16.9 Å². The predicted octanol–water partition coefficient (Wildman–Crippen LogP) is 4.28. The van der Waals surface area contributed by atoms with E-state index in [0.717, 1.165) is 34.5 Å². The molecule has 0 aliphatic carbocycles. The molecule has 0 aliphatic heterocycles. The molecule has 0 unspecified atom stereocenters. The number of amides is 1. The molecule has 0 fully saturated rings. The highest BCUT2D eigenvalue weighted by Gasteiger charge is 2.14. The molecule has 26 heavy (non-hydrogen) atoms. The van der Waals surface area contributed by atoms with E-state index in [9.17, 15) is 4.79 Å². The Balaban J connectivity index is 1.69. The van der Waals surface area contributed by atoms with Gasteiger partial charge in [0.2, 0.25) is 5.91 Å². The van der Waals surface area contributed by atoms with Gasteiger partial charge in [0.15, 0.2) is 0 Å². The third kappa shape index (κ3) is 3.93. The van der Waals surface area contributed by atoms with E-state index >= 15 is 0 Å². The van der Waals surface area contributed by atoms with Crippen molar-refractivity contribution in [3.63, 3.8) is 0 Å². The van der Waals surface area contributed by atoms with Gasteiger partial charge in [0.25, 0.3) is 0 Å². The zero-order valence-electron chi connectivity index (χ0n) is 15.9. The molecule has 0 saturated carbocycles. The van der Waals surface area contributed by atoms with E-state index in [0.29, 0.717) is 18.8 Å². The molecule has 0 aliphatic rings. The number of carbonyl (C=O) groups is 1. The maximum Gasteiger partial charge on any atom is 0.224 e. The summed E-state index contributed by atoms with van der Waals surface area (Å²) in [5.41, 5.74) is 4.94. The molecule has 2 aromatic heterocycles. The highest BCUT2D eigenvalue weighted by Crippen LogP contribution is 2.21. The van der Waals surface area contributed by atoms with Crippen LogP contribution in [-0.4, -0.2) is 20.7 Å². The average Bonchev–Trinajstić information content (AvgIpc) is 2.86. The number of pyridine rings is 1. The van der Waals surface area contributed by atoms with Gasteiger partial charge >= 0.3 is 0 Å². The number of hydrogen-bond acceptors (Lipinski definition) is 3. The number of anilines is 1. The minimum absolute atomic E-state index is 0.00133. The van der Waals surface area contributed by atoms with Crippen molar-refractivity contribution in [3.05, 3.63) is 53.5 Å². The van der Waals surface area contributed by atoms with Gasteiger partial charge in [-0.3, -0.25) is 14.5 Å². The first kappa shape index (κ1) is 18.1. The summed E-state index contributed by atoms with van der Waals surface area (Å²) in [6.07, 6.45) is 2.87. The Labute approximate surface area is 154 Å². The molecular weight excluding hydrogens is 324 g/mol. The quantitative estimate of drug-likeness (QED) is 0.722. The summed E-state index contributed by atoms with van der Waals surface area (Å²) < 4.78 is 2.06. The Morgan fingerprint density at radius 2 is 1.96 bits per heavy atom. The molecule has 0 spiro atoms. The second-order valence-corrected chi connectivity index (χ2v) is 7.15. The molecule has 1 amide bonds. The Hall–Kier alpha value is -2.69. The Bertz CT molecular complexity index is 922. The van der Waals surface area contributed by atoms with E-state index < -0.39 is 0 Å². The molecule has 1 aromatic carbocycles. The van der Waals surface area contributed by atoms with Gasteiger partial charge < -0.3 is 5.32 Å². The molecule has 0 saturated heterocycles. The standard InChI is InChI=1S/C21H26N4O/c1-14(2)13-25-16(4)18(15(3)24-25)10-11-20(26)23-19-9-5-7-17-8-6-12-22-21(17)19/h5-9,12,14H,10-11,13H2,1-4H3,(H,23,26). The number of aryl methyl sites for hydroxylation is 1. The summed E-state index contributed by atoms with van der Waals surface area (Å²) in [7, 11) is 0. The minimum Gasteiger partial charge on any atom is -0.324 e. The first-order chi connectivity index (χ1) is 12.5. The number of nitrogens with zero attached hydrogens (tertiary/aromatic N) is 3. The molecular formula is C21H26N4O. The molecule has 136 valence electrons. The summed E-state index contributed by atoms with van der Waals surface area (Å²) in [6.45, 7) is 9.38. The highest BCUT2D eigenvalue weighted by molar-refractivity contribution is 6.00. The number of carbonyl (C=O) groups excluding carboxylic acids is 1. The predicted molar refractivity (Wildman–Crippen MR) is 105 cm³/mol. The van der Waals surface area contributed by atoms with Crippen molar-refractivity contribution in [2.24, 2.45) is 5.92 Å². The van der Waals surface area contributed by atoms with Gasteiger partial charge in [-0.1, -0.05) is 32.0 Å². The van der Waals surface area contributed by atoms with E-state index in [1.165, 1.54) is 5.56 Å². The van der Waals surface area contributed by atoms with Crippen LogP contribution in [0.3, 0.4) is 0 Å². The molecule has 0 atom stereocenters. The fraction of sp³-hybridized carbons (Fsp3) is 0.381. The highest BCUT2D eigenvalue weighted by atomic mass is 16.1. The lowest BCUT2D eigenvalue weighted by molar-refractivity contribution is -0.116. The maximum absolute atomic E-state index is 12.5. The number of rotatable bonds is 6. The van der Waals surface area contributed by atoms with Crippen molar-refractivity contribution >= 4 is 22.5 Å². The van der Waals surface area contributed by atoms with Crippen LogP contribution in [0.15, 0.2) is 36.5 Å². The van der Waals surface area contributed by atoms with Crippen molar-refractivity contribution in [1.29, 1.82) is 0 Å². The maximum atomic E-state index is 12.5. The van der Waals surface area contributed by atoms with Gasteiger partial charge in [-0.15, -0.1) is 0 Å². The van der Waals surface area contributed by atoms with Crippen LogP contribution in [0.25, 0.3) is 10.9 Å². The zero-order valence-corrected chi connectivity index (χ0v) is 15.9. The summed E-state index contributed by atoms with van der Waals surface area (Å²) in [4.78, 5) is 16.9. The van der Waals surface area contributed by atoms with Gasteiger partial charge in [-0.2, -0.15) is 5.10 Å². The van der Waals surface area contributed by atoms with Crippen LogP contribution < -0.4 is 5.32 Å². The normalized spacial score (nSPS) is 11.3. The average molecular weight is 350 g/mol. The van der Waals surface area contributed by atoms with Crippen LogP contribution in [0.1, 0.15) is 37.2 Å². The number of fused-ring (bicyclic) bond motifs is 1. The largest absolute Gasteiger partial charge is 0.324 e. The molecule has 5 heteroatoms. The molecule has 3 aromatic rings. The van der Waals surface area contributed by atoms with Crippen molar-refractivity contribution < 1.29 is 4.79 Å². The molecule has 0 bridgehead atoms. The second kappa shape index (κ2) is 7.68. The van der Waals surface area contributed by atoms with E-state index in [2.05, 4.69) is 40.9 Å². The third-order valence-corrected chi connectivity index (χ3v) is 4.58. The Kier molecular flexibility index (Phi) is 5.35. The van der Waals surface area contributed by atoms with E-state index in [1.54, 1.807) is 6.20 Å². The number of nitrogens with one attached hydrogen (secondary N) is 1. The third-order valence-electron chi connectivity index (χ3n) is 4.58. The summed E-state index contributed by atoms with van der Waals surface area (Å²) >= 11 is 0. The second-order valence-electron chi connectivity index (χ2n) is 7.15. The molecule has 5 nitrogen and oxygen atoms in total. The first-order valence-corrected chi connectivity index (χ1v) is 9.12. The summed E-state index contributed by atoms with van der Waals surface area (Å²) in [5, 5.41) is 8.65. The van der Waals surface area contributed by atoms with Crippen LogP contribution in [0.2, 0.25) is 0 Å². The van der Waals surface area contributed by atoms with E-state index in [-0.39, 0.29) is 5.91 Å². The SMILES string of the molecule is Cc1nn(CC(C)C)c(C)c1CCC(=O)Nc1cccc2cccnc12. The van der Waals surface area contributed by atoms with E-state index in [1.807, 2.05) is 37.3 Å². The fourth-order valence-corrected chi connectivity index (χ4v) is 3.28. The number of para-hydroxylation sites is 1. The summed E-state index contributed by atoms with van der Waals surface area (Å²) in [5.74, 6) is 0.543. The smallest absolute Gasteiger partial charge is 0.224 e. The van der Waals surface area contributed by atoms with Crippen LogP contribution >= 0.6 is 0 Å².